The van der Waals surface area contributed by atoms with Gasteiger partial charge in [0, 0.05) is 12.2 Å². The predicted octanol–water partition coefficient (Wildman–Crippen LogP) is 4.98. The fourth-order valence-electron chi connectivity index (χ4n) is 2.07. The highest BCUT2D eigenvalue weighted by molar-refractivity contribution is 8.01. The summed E-state index contributed by atoms with van der Waals surface area (Å²) in [6, 6.07) is 8.49. The molecule has 2 rings (SSSR count). The number of hydrogen-bond acceptors (Lipinski definition) is 5. The molecule has 0 aliphatic heterocycles. The van der Waals surface area contributed by atoms with E-state index < -0.39 is 0 Å². The lowest BCUT2D eigenvalue weighted by Crippen LogP contribution is -2.12. The largest absolute Gasteiger partial charge is 0.300 e. The molecule has 6 heteroatoms. The second-order valence-electron chi connectivity index (χ2n) is 6.52. The molecule has 1 amide bonds. The zero-order valence-corrected chi connectivity index (χ0v) is 16.3. The van der Waals surface area contributed by atoms with E-state index in [1.165, 1.54) is 22.5 Å². The summed E-state index contributed by atoms with van der Waals surface area (Å²) in [5, 5.41) is 11.6. The Hall–Kier alpha value is -1.40. The summed E-state index contributed by atoms with van der Waals surface area (Å²) in [4.78, 5) is 12.1. The third-order valence-electron chi connectivity index (χ3n) is 3.48. The zero-order chi connectivity index (χ0) is 17.5. The lowest BCUT2D eigenvalue weighted by molar-refractivity contribution is -0.116. The first kappa shape index (κ1) is 18.9. The van der Waals surface area contributed by atoms with Gasteiger partial charge >= 0.3 is 0 Å². The van der Waals surface area contributed by atoms with Gasteiger partial charge in [-0.15, -0.1) is 10.2 Å². The number of anilines is 1. The van der Waals surface area contributed by atoms with Crippen LogP contribution in [0.25, 0.3) is 0 Å². The summed E-state index contributed by atoms with van der Waals surface area (Å²) in [5.41, 5.74) is 2.50. The van der Waals surface area contributed by atoms with Crippen LogP contribution in [-0.2, 0) is 11.2 Å². The number of amides is 1. The van der Waals surface area contributed by atoms with E-state index in [-0.39, 0.29) is 5.91 Å². The van der Waals surface area contributed by atoms with Gasteiger partial charge in [0.2, 0.25) is 11.0 Å². The summed E-state index contributed by atoms with van der Waals surface area (Å²) < 4.78 is 0.906. The van der Waals surface area contributed by atoms with Crippen LogP contribution in [-0.4, -0.2) is 21.9 Å². The van der Waals surface area contributed by atoms with Gasteiger partial charge in [0.15, 0.2) is 4.34 Å². The van der Waals surface area contributed by atoms with Crippen LogP contribution in [0.2, 0.25) is 0 Å². The minimum Gasteiger partial charge on any atom is -0.300 e. The van der Waals surface area contributed by atoms with Crippen molar-refractivity contribution in [3.05, 3.63) is 35.4 Å². The predicted molar refractivity (Wildman–Crippen MR) is 103 cm³/mol. The quantitative estimate of drug-likeness (QED) is 0.531. The van der Waals surface area contributed by atoms with E-state index in [1.54, 1.807) is 11.8 Å². The van der Waals surface area contributed by atoms with Crippen molar-refractivity contribution in [2.75, 3.05) is 11.1 Å². The number of aryl methyl sites for hydroxylation is 1. The molecule has 130 valence electrons. The monoisotopic (exact) mass is 363 g/mol. The van der Waals surface area contributed by atoms with E-state index in [1.807, 2.05) is 0 Å². The van der Waals surface area contributed by atoms with Crippen molar-refractivity contribution in [1.29, 1.82) is 0 Å². The molecule has 0 fully saturated rings. The van der Waals surface area contributed by atoms with Crippen molar-refractivity contribution < 1.29 is 4.79 Å². The lowest BCUT2D eigenvalue weighted by Gasteiger charge is -2.06. The molecule has 0 unspecified atom stereocenters. The maximum absolute atomic E-state index is 12.1. The van der Waals surface area contributed by atoms with Crippen LogP contribution in [0.3, 0.4) is 0 Å². The lowest BCUT2D eigenvalue weighted by atomic mass is 10.0. The molecule has 0 saturated carbocycles. The molecule has 0 radical (unpaired) electrons. The fourth-order valence-corrected chi connectivity index (χ4v) is 3.81. The number of benzene rings is 1. The van der Waals surface area contributed by atoms with Gasteiger partial charge in [-0.3, -0.25) is 4.79 Å². The van der Waals surface area contributed by atoms with Gasteiger partial charge in [-0.05, 0) is 29.4 Å². The Morgan fingerprint density at radius 3 is 2.50 bits per heavy atom. The van der Waals surface area contributed by atoms with Crippen LogP contribution >= 0.6 is 23.1 Å². The maximum atomic E-state index is 12.1. The van der Waals surface area contributed by atoms with Gasteiger partial charge in [-0.25, -0.2) is 0 Å². The summed E-state index contributed by atoms with van der Waals surface area (Å²) in [6.07, 6.45) is 1.19. The molecule has 1 heterocycles. The Bertz CT molecular complexity index is 651. The van der Waals surface area contributed by atoms with Crippen LogP contribution in [0, 0.1) is 5.92 Å². The highest BCUT2D eigenvalue weighted by Gasteiger charge is 2.09. The average molecular weight is 364 g/mol. The van der Waals surface area contributed by atoms with E-state index in [0.717, 1.165) is 16.5 Å². The molecule has 4 nitrogen and oxygen atoms in total. The Morgan fingerprint density at radius 1 is 1.17 bits per heavy atom. The number of carbonyl (C=O) groups is 1. The standard InChI is InChI=1S/C18H25N3OS2/c1-12(2)11-23-18-21-20-17(24-18)19-16(22)10-7-14-5-8-15(9-6-14)13(3)4/h5-6,8-9,12-13H,7,10-11H2,1-4H3,(H,19,20,22). The average Bonchev–Trinajstić information content (AvgIpc) is 2.98. The molecular formula is C18H25N3OS2. The van der Waals surface area contributed by atoms with E-state index >= 15 is 0 Å². The minimum atomic E-state index is -0.0144. The summed E-state index contributed by atoms with van der Waals surface area (Å²) in [7, 11) is 0. The number of rotatable bonds is 8. The molecule has 1 aromatic heterocycles. The summed E-state index contributed by atoms with van der Waals surface area (Å²) in [5.74, 6) is 2.13. The van der Waals surface area contributed by atoms with Crippen molar-refractivity contribution >= 4 is 34.1 Å². The molecule has 0 spiro atoms. The number of carbonyl (C=O) groups excluding carboxylic acids is 1. The number of thioether (sulfide) groups is 1. The van der Waals surface area contributed by atoms with Crippen molar-refractivity contribution in [3.63, 3.8) is 0 Å². The van der Waals surface area contributed by atoms with E-state index in [4.69, 9.17) is 0 Å². The number of hydrogen-bond donors (Lipinski definition) is 1. The van der Waals surface area contributed by atoms with Crippen molar-refractivity contribution in [2.45, 2.75) is 50.8 Å². The molecule has 1 aromatic carbocycles. The maximum Gasteiger partial charge on any atom is 0.226 e. The Morgan fingerprint density at radius 2 is 1.88 bits per heavy atom. The minimum absolute atomic E-state index is 0.0144. The number of nitrogens with one attached hydrogen (secondary N) is 1. The van der Waals surface area contributed by atoms with E-state index in [9.17, 15) is 4.79 Å². The molecule has 0 saturated heterocycles. The van der Waals surface area contributed by atoms with Crippen LogP contribution in [0.4, 0.5) is 5.13 Å². The van der Waals surface area contributed by atoms with Crippen molar-refractivity contribution in [3.8, 4) is 0 Å². The van der Waals surface area contributed by atoms with Crippen LogP contribution in [0.5, 0.6) is 0 Å². The molecule has 0 atom stereocenters. The SMILES string of the molecule is CC(C)CSc1nnc(NC(=O)CCc2ccc(C(C)C)cc2)s1. The zero-order valence-electron chi connectivity index (χ0n) is 14.7. The Kier molecular flexibility index (Phi) is 7.24. The first-order chi connectivity index (χ1) is 11.4. The first-order valence-corrected chi connectivity index (χ1v) is 10.1. The van der Waals surface area contributed by atoms with Crippen molar-refractivity contribution in [1.82, 2.24) is 10.2 Å². The number of aromatic nitrogens is 2. The second-order valence-corrected chi connectivity index (χ2v) is 8.77. The second kappa shape index (κ2) is 9.18. The van der Waals surface area contributed by atoms with Crippen LogP contribution in [0.15, 0.2) is 28.6 Å². The van der Waals surface area contributed by atoms with Gasteiger partial charge in [0.1, 0.15) is 0 Å². The molecule has 24 heavy (non-hydrogen) atoms. The molecule has 0 bridgehead atoms. The molecule has 0 aliphatic carbocycles. The Balaban J connectivity index is 1.78. The third kappa shape index (κ3) is 6.24. The van der Waals surface area contributed by atoms with Gasteiger partial charge in [-0.1, -0.05) is 75.1 Å². The summed E-state index contributed by atoms with van der Waals surface area (Å²) in [6.45, 7) is 8.70. The molecule has 2 aromatic rings. The van der Waals surface area contributed by atoms with Crippen molar-refractivity contribution in [2.24, 2.45) is 5.92 Å². The highest BCUT2D eigenvalue weighted by Crippen LogP contribution is 2.27. The highest BCUT2D eigenvalue weighted by atomic mass is 32.2. The van der Waals surface area contributed by atoms with E-state index in [2.05, 4.69) is 67.5 Å². The normalized spacial score (nSPS) is 11.2. The van der Waals surface area contributed by atoms with Gasteiger partial charge < -0.3 is 5.32 Å². The fraction of sp³-hybridized carbons (Fsp3) is 0.500. The Labute approximate surface area is 152 Å². The molecular weight excluding hydrogens is 338 g/mol. The third-order valence-corrected chi connectivity index (χ3v) is 5.88. The molecule has 0 aliphatic rings. The van der Waals surface area contributed by atoms with Gasteiger partial charge in [0.25, 0.3) is 0 Å². The van der Waals surface area contributed by atoms with Gasteiger partial charge in [0.05, 0.1) is 0 Å². The van der Waals surface area contributed by atoms with E-state index in [0.29, 0.717) is 23.4 Å². The molecule has 1 N–H and O–H groups in total. The summed E-state index contributed by atoms with van der Waals surface area (Å²) >= 11 is 3.12. The van der Waals surface area contributed by atoms with Gasteiger partial charge in [-0.2, -0.15) is 0 Å². The topological polar surface area (TPSA) is 54.9 Å². The first-order valence-electron chi connectivity index (χ1n) is 8.29. The number of nitrogens with zero attached hydrogens (tertiary/aromatic N) is 2. The van der Waals surface area contributed by atoms with Crippen LogP contribution < -0.4 is 5.32 Å². The smallest absolute Gasteiger partial charge is 0.226 e. The van der Waals surface area contributed by atoms with Crippen LogP contribution in [0.1, 0.15) is 51.2 Å².